The Kier molecular flexibility index (Phi) is 5.24. The molecule has 3 saturated carbocycles. The molecule has 0 amide bonds. The summed E-state index contributed by atoms with van der Waals surface area (Å²) in [5.74, 6) is -0.123. The summed E-state index contributed by atoms with van der Waals surface area (Å²) < 4.78 is 14.0. The van der Waals surface area contributed by atoms with Gasteiger partial charge in [0.25, 0.3) is 0 Å². The number of nitrogens with zero attached hydrogens (tertiary/aromatic N) is 3. The molecule has 0 radical (unpaired) electrons. The fourth-order valence-electron chi connectivity index (χ4n) is 5.94. The molecule has 4 aromatic rings. The van der Waals surface area contributed by atoms with Crippen LogP contribution in [-0.4, -0.2) is 37.1 Å². The quantitative estimate of drug-likeness (QED) is 0.358. The standard InChI is InChI=1S/C27H26FN5O2/c1-14-3-2-4-17(9-14)21-11-22(32-24-16-7-5-15(6-8-16)23(24)27(34)35)33-26(31-21)20-13-30-25-19(20)10-18(28)12-29-25/h2-4,9-13,15-16,23-24H,5-8H2,1H3,(H,29,30)(H,34,35)(H,31,32,33). The molecule has 3 N–H and O–H groups in total. The zero-order valence-electron chi connectivity index (χ0n) is 19.3. The van der Waals surface area contributed by atoms with Crippen LogP contribution in [0.5, 0.6) is 0 Å². The number of pyridine rings is 1. The second-order valence-electron chi connectivity index (χ2n) is 9.79. The van der Waals surface area contributed by atoms with Crippen LogP contribution in [0.15, 0.2) is 48.8 Å². The van der Waals surface area contributed by atoms with Gasteiger partial charge in [0.1, 0.15) is 17.3 Å². The van der Waals surface area contributed by atoms with Crippen LogP contribution in [0.3, 0.4) is 0 Å². The molecule has 0 saturated heterocycles. The Bertz CT molecular complexity index is 1430. The number of carboxylic acid groups (broad SMARTS) is 1. The number of fused-ring (bicyclic) bond motifs is 4. The van der Waals surface area contributed by atoms with Gasteiger partial charge < -0.3 is 15.4 Å². The van der Waals surface area contributed by atoms with E-state index in [9.17, 15) is 14.3 Å². The van der Waals surface area contributed by atoms with Crippen LogP contribution in [0, 0.1) is 30.5 Å². The lowest BCUT2D eigenvalue weighted by atomic mass is 9.61. The van der Waals surface area contributed by atoms with Gasteiger partial charge in [-0.15, -0.1) is 0 Å². The molecule has 3 aromatic heterocycles. The van der Waals surface area contributed by atoms with Crippen molar-refractivity contribution in [2.24, 2.45) is 17.8 Å². The van der Waals surface area contributed by atoms with E-state index >= 15 is 0 Å². The summed E-state index contributed by atoms with van der Waals surface area (Å²) in [7, 11) is 0. The first-order chi connectivity index (χ1) is 17.0. The zero-order valence-corrected chi connectivity index (χ0v) is 19.3. The number of hydrogen-bond donors (Lipinski definition) is 3. The van der Waals surface area contributed by atoms with Crippen molar-refractivity contribution in [3.05, 3.63) is 60.2 Å². The number of aromatic amines is 1. The van der Waals surface area contributed by atoms with Gasteiger partial charge in [-0.1, -0.05) is 23.8 Å². The van der Waals surface area contributed by atoms with Gasteiger partial charge in [-0.2, -0.15) is 0 Å². The van der Waals surface area contributed by atoms with Crippen molar-refractivity contribution in [3.63, 3.8) is 0 Å². The summed E-state index contributed by atoms with van der Waals surface area (Å²) in [6, 6.07) is 11.2. The normalized spacial score (nSPS) is 23.5. The number of anilines is 1. The molecule has 35 heavy (non-hydrogen) atoms. The number of H-pyrrole nitrogens is 1. The lowest BCUT2D eigenvalue weighted by Gasteiger charge is -2.47. The highest BCUT2D eigenvalue weighted by Gasteiger charge is 2.47. The van der Waals surface area contributed by atoms with Gasteiger partial charge in [0, 0.05) is 34.8 Å². The minimum Gasteiger partial charge on any atom is -0.481 e. The van der Waals surface area contributed by atoms with Crippen LogP contribution >= 0.6 is 0 Å². The monoisotopic (exact) mass is 471 g/mol. The number of aromatic nitrogens is 4. The summed E-state index contributed by atoms with van der Waals surface area (Å²) in [5.41, 5.74) is 3.94. The second-order valence-corrected chi connectivity index (χ2v) is 9.79. The number of carbonyl (C=O) groups is 1. The zero-order chi connectivity index (χ0) is 24.1. The largest absolute Gasteiger partial charge is 0.481 e. The number of nitrogens with one attached hydrogen (secondary N) is 2. The van der Waals surface area contributed by atoms with E-state index in [0.29, 0.717) is 39.9 Å². The minimum absolute atomic E-state index is 0.185. The molecule has 178 valence electrons. The average molecular weight is 472 g/mol. The molecule has 3 aliphatic carbocycles. The van der Waals surface area contributed by atoms with Gasteiger partial charge in [0.2, 0.25) is 0 Å². The Labute approximate surface area is 201 Å². The van der Waals surface area contributed by atoms with E-state index in [-0.39, 0.29) is 12.0 Å². The maximum absolute atomic E-state index is 14.0. The molecule has 2 unspecified atom stereocenters. The number of halogens is 1. The molecule has 3 heterocycles. The maximum atomic E-state index is 14.0. The van der Waals surface area contributed by atoms with Crippen LogP contribution < -0.4 is 5.32 Å². The van der Waals surface area contributed by atoms with Gasteiger partial charge in [-0.3, -0.25) is 4.79 Å². The number of rotatable bonds is 5. The Morgan fingerprint density at radius 3 is 2.69 bits per heavy atom. The molecule has 7 rings (SSSR count). The number of benzene rings is 1. The van der Waals surface area contributed by atoms with Gasteiger partial charge in [-0.05, 0) is 56.6 Å². The fourth-order valence-corrected chi connectivity index (χ4v) is 5.94. The molecular weight excluding hydrogens is 445 g/mol. The van der Waals surface area contributed by atoms with E-state index in [1.807, 2.05) is 31.2 Å². The van der Waals surface area contributed by atoms with Crippen molar-refractivity contribution in [2.45, 2.75) is 38.6 Å². The Hall–Kier alpha value is -3.81. The number of hydrogen-bond acceptors (Lipinski definition) is 5. The topological polar surface area (TPSA) is 104 Å². The number of carboxylic acids is 1. The third kappa shape index (κ3) is 3.92. The van der Waals surface area contributed by atoms with E-state index in [4.69, 9.17) is 9.97 Å². The van der Waals surface area contributed by atoms with Crippen molar-refractivity contribution >= 4 is 22.8 Å². The van der Waals surface area contributed by atoms with E-state index in [1.165, 1.54) is 12.3 Å². The van der Waals surface area contributed by atoms with Gasteiger partial charge in [0.15, 0.2) is 5.82 Å². The van der Waals surface area contributed by atoms with Crippen LogP contribution in [0.2, 0.25) is 0 Å². The predicted molar refractivity (Wildman–Crippen MR) is 131 cm³/mol. The molecular formula is C27H26FN5O2. The highest BCUT2D eigenvalue weighted by molar-refractivity contribution is 5.92. The van der Waals surface area contributed by atoms with E-state index in [0.717, 1.165) is 36.8 Å². The van der Waals surface area contributed by atoms with Crippen molar-refractivity contribution in [3.8, 4) is 22.6 Å². The van der Waals surface area contributed by atoms with Crippen molar-refractivity contribution in [1.82, 2.24) is 19.9 Å². The first kappa shape index (κ1) is 21.7. The highest BCUT2D eigenvalue weighted by Crippen LogP contribution is 2.46. The smallest absolute Gasteiger partial charge is 0.308 e. The van der Waals surface area contributed by atoms with Crippen molar-refractivity contribution in [2.75, 3.05) is 5.32 Å². The van der Waals surface area contributed by atoms with Gasteiger partial charge in [-0.25, -0.2) is 19.3 Å². The van der Waals surface area contributed by atoms with Crippen LogP contribution in [-0.2, 0) is 4.79 Å². The lowest BCUT2D eigenvalue weighted by Crippen LogP contribution is -2.51. The molecule has 8 heteroatoms. The summed E-state index contributed by atoms with van der Waals surface area (Å²) in [6.45, 7) is 2.02. The van der Waals surface area contributed by atoms with Crippen molar-refractivity contribution < 1.29 is 14.3 Å². The molecule has 2 bridgehead atoms. The van der Waals surface area contributed by atoms with E-state index in [1.54, 1.807) is 6.20 Å². The molecule has 0 aliphatic heterocycles. The lowest BCUT2D eigenvalue weighted by molar-refractivity contribution is -0.148. The fraction of sp³-hybridized carbons (Fsp3) is 0.333. The van der Waals surface area contributed by atoms with Crippen LogP contribution in [0.4, 0.5) is 10.2 Å². The highest BCUT2D eigenvalue weighted by atomic mass is 19.1. The Morgan fingerprint density at radius 1 is 1.11 bits per heavy atom. The number of aryl methyl sites for hydroxylation is 1. The third-order valence-electron chi connectivity index (χ3n) is 7.60. The molecule has 7 nitrogen and oxygen atoms in total. The molecule has 0 spiro atoms. The summed E-state index contributed by atoms with van der Waals surface area (Å²) >= 11 is 0. The van der Waals surface area contributed by atoms with E-state index in [2.05, 4.69) is 21.4 Å². The first-order valence-corrected chi connectivity index (χ1v) is 12.0. The number of aliphatic carboxylic acids is 1. The summed E-state index contributed by atoms with van der Waals surface area (Å²) in [6.07, 6.45) is 6.90. The van der Waals surface area contributed by atoms with Gasteiger partial charge in [0.05, 0.1) is 17.8 Å². The Balaban J connectivity index is 1.47. The average Bonchev–Trinajstić information content (AvgIpc) is 3.27. The molecule has 3 fully saturated rings. The van der Waals surface area contributed by atoms with Gasteiger partial charge >= 0.3 is 5.97 Å². The summed E-state index contributed by atoms with van der Waals surface area (Å²) in [4.78, 5) is 29.0. The van der Waals surface area contributed by atoms with Crippen LogP contribution in [0.1, 0.15) is 31.2 Å². The third-order valence-corrected chi connectivity index (χ3v) is 7.60. The first-order valence-electron chi connectivity index (χ1n) is 12.0. The van der Waals surface area contributed by atoms with E-state index < -0.39 is 17.7 Å². The SMILES string of the molecule is Cc1cccc(-c2cc(NC3C4CCC(CC4)C3C(=O)O)nc(-c3c[nH]c4ncc(F)cc34)n2)c1. The minimum atomic E-state index is -0.747. The van der Waals surface area contributed by atoms with Crippen molar-refractivity contribution in [1.29, 1.82) is 0 Å². The summed E-state index contributed by atoms with van der Waals surface area (Å²) in [5, 5.41) is 14.1. The predicted octanol–water partition coefficient (Wildman–Crippen LogP) is 5.44. The van der Waals surface area contributed by atoms with Crippen LogP contribution in [0.25, 0.3) is 33.7 Å². The molecule has 2 atom stereocenters. The molecule has 1 aromatic carbocycles. The second kappa shape index (κ2) is 8.45. The maximum Gasteiger partial charge on any atom is 0.308 e. The Morgan fingerprint density at radius 2 is 1.91 bits per heavy atom. The molecule has 3 aliphatic rings.